The minimum Gasteiger partial charge on any atom is -0.353 e. The number of amides is 1. The summed E-state index contributed by atoms with van der Waals surface area (Å²) in [6.45, 7) is 3.17. The Labute approximate surface area is 144 Å². The molecular formula is C18H18N4OS. The number of carbonyl (C=O) groups excluding carboxylic acids is 1. The van der Waals surface area contributed by atoms with Crippen molar-refractivity contribution >= 4 is 34.1 Å². The Hall–Kier alpha value is -2.47. The quantitative estimate of drug-likeness (QED) is 0.721. The van der Waals surface area contributed by atoms with Gasteiger partial charge >= 0.3 is 0 Å². The number of aromatic nitrogens is 2. The van der Waals surface area contributed by atoms with Crippen LogP contribution in [0.15, 0.2) is 47.3 Å². The molecule has 0 N–H and O–H groups in total. The molecule has 1 amide bonds. The van der Waals surface area contributed by atoms with Gasteiger partial charge in [-0.25, -0.2) is 4.98 Å². The highest BCUT2D eigenvalue weighted by molar-refractivity contribution is 7.08. The maximum absolute atomic E-state index is 12.5. The van der Waals surface area contributed by atoms with Gasteiger partial charge in [-0.2, -0.15) is 11.3 Å². The maximum atomic E-state index is 12.5. The van der Waals surface area contributed by atoms with Crippen LogP contribution in [0.4, 0.5) is 5.82 Å². The minimum atomic E-state index is 0.127. The first-order chi connectivity index (χ1) is 11.8. The zero-order valence-corrected chi connectivity index (χ0v) is 14.1. The van der Waals surface area contributed by atoms with Crippen molar-refractivity contribution in [3.05, 3.63) is 52.9 Å². The van der Waals surface area contributed by atoms with E-state index >= 15 is 0 Å². The molecule has 0 unspecified atom stereocenters. The number of nitrogens with zero attached hydrogens (tertiary/aromatic N) is 4. The number of hydrogen-bond acceptors (Lipinski definition) is 5. The van der Waals surface area contributed by atoms with Crippen LogP contribution in [-0.4, -0.2) is 47.0 Å². The van der Waals surface area contributed by atoms with Crippen LogP contribution in [-0.2, 0) is 0 Å². The third-order valence-corrected chi connectivity index (χ3v) is 4.99. The van der Waals surface area contributed by atoms with Crippen LogP contribution in [0.1, 0.15) is 16.8 Å². The van der Waals surface area contributed by atoms with Gasteiger partial charge in [-0.3, -0.25) is 9.78 Å². The number of hydrogen-bond donors (Lipinski definition) is 0. The lowest BCUT2D eigenvalue weighted by Crippen LogP contribution is -2.35. The number of rotatable bonds is 2. The second-order valence-corrected chi connectivity index (χ2v) is 6.64. The fourth-order valence-electron chi connectivity index (χ4n) is 3.02. The van der Waals surface area contributed by atoms with Crippen LogP contribution in [0.2, 0.25) is 0 Å². The van der Waals surface area contributed by atoms with E-state index in [0.717, 1.165) is 48.5 Å². The molecule has 0 atom stereocenters. The van der Waals surface area contributed by atoms with Crippen molar-refractivity contribution < 1.29 is 4.79 Å². The van der Waals surface area contributed by atoms with Gasteiger partial charge in [0.15, 0.2) is 0 Å². The van der Waals surface area contributed by atoms with E-state index in [1.807, 2.05) is 52.2 Å². The smallest absolute Gasteiger partial charge is 0.254 e. The first-order valence-electron chi connectivity index (χ1n) is 8.09. The van der Waals surface area contributed by atoms with Crippen molar-refractivity contribution in [2.24, 2.45) is 0 Å². The molecule has 24 heavy (non-hydrogen) atoms. The molecule has 1 fully saturated rings. The average Bonchev–Trinajstić information content (AvgIpc) is 3.05. The lowest BCUT2D eigenvalue weighted by molar-refractivity contribution is 0.0767. The third kappa shape index (κ3) is 2.97. The second kappa shape index (κ2) is 6.57. The summed E-state index contributed by atoms with van der Waals surface area (Å²) in [6.07, 6.45) is 2.77. The van der Waals surface area contributed by atoms with Gasteiger partial charge in [-0.05, 0) is 30.0 Å². The van der Waals surface area contributed by atoms with Crippen LogP contribution >= 0.6 is 11.3 Å². The Balaban J connectivity index is 1.50. The van der Waals surface area contributed by atoms with Crippen LogP contribution in [0.25, 0.3) is 11.0 Å². The van der Waals surface area contributed by atoms with Crippen molar-refractivity contribution in [1.29, 1.82) is 0 Å². The monoisotopic (exact) mass is 338 g/mol. The van der Waals surface area contributed by atoms with Gasteiger partial charge in [0.2, 0.25) is 0 Å². The van der Waals surface area contributed by atoms with Crippen LogP contribution in [0.5, 0.6) is 0 Å². The van der Waals surface area contributed by atoms with E-state index in [9.17, 15) is 4.79 Å². The lowest BCUT2D eigenvalue weighted by Gasteiger charge is -2.22. The second-order valence-electron chi connectivity index (χ2n) is 5.86. The van der Waals surface area contributed by atoms with E-state index in [1.54, 1.807) is 11.3 Å². The summed E-state index contributed by atoms with van der Waals surface area (Å²) in [4.78, 5) is 25.9. The summed E-state index contributed by atoms with van der Waals surface area (Å²) in [5.41, 5.74) is 2.61. The number of fused-ring (bicyclic) bond motifs is 1. The lowest BCUT2D eigenvalue weighted by atomic mass is 10.3. The van der Waals surface area contributed by atoms with Gasteiger partial charge in [-0.1, -0.05) is 12.1 Å². The topological polar surface area (TPSA) is 49.3 Å². The van der Waals surface area contributed by atoms with Crippen molar-refractivity contribution in [3.63, 3.8) is 0 Å². The number of carbonyl (C=O) groups is 1. The van der Waals surface area contributed by atoms with E-state index in [1.165, 1.54) is 0 Å². The summed E-state index contributed by atoms with van der Waals surface area (Å²) < 4.78 is 0. The molecule has 0 radical (unpaired) electrons. The molecule has 2 aromatic heterocycles. The highest BCUT2D eigenvalue weighted by Gasteiger charge is 2.21. The molecule has 3 aromatic rings. The van der Waals surface area contributed by atoms with E-state index in [4.69, 9.17) is 4.98 Å². The molecular weight excluding hydrogens is 320 g/mol. The van der Waals surface area contributed by atoms with Gasteiger partial charge in [-0.15, -0.1) is 0 Å². The molecule has 1 aliphatic heterocycles. The first-order valence-corrected chi connectivity index (χ1v) is 9.04. The molecule has 3 heterocycles. The molecule has 122 valence electrons. The molecule has 0 saturated carbocycles. The molecule has 0 spiro atoms. The summed E-state index contributed by atoms with van der Waals surface area (Å²) >= 11 is 1.56. The Kier molecular flexibility index (Phi) is 4.13. The Morgan fingerprint density at radius 1 is 1.04 bits per heavy atom. The van der Waals surface area contributed by atoms with E-state index in [0.29, 0.717) is 6.54 Å². The van der Waals surface area contributed by atoms with Gasteiger partial charge in [0.25, 0.3) is 5.91 Å². The normalized spacial score (nSPS) is 15.5. The van der Waals surface area contributed by atoms with Gasteiger partial charge in [0, 0.05) is 31.6 Å². The minimum absolute atomic E-state index is 0.127. The van der Waals surface area contributed by atoms with Crippen LogP contribution < -0.4 is 4.90 Å². The largest absolute Gasteiger partial charge is 0.353 e. The predicted molar refractivity (Wildman–Crippen MR) is 96.6 cm³/mol. The number of para-hydroxylation sites is 2. The maximum Gasteiger partial charge on any atom is 0.254 e. The van der Waals surface area contributed by atoms with E-state index in [2.05, 4.69) is 9.88 Å². The number of anilines is 1. The Bertz CT molecular complexity index is 849. The number of benzene rings is 1. The molecule has 6 heteroatoms. The molecule has 0 bridgehead atoms. The van der Waals surface area contributed by atoms with Crippen LogP contribution in [0.3, 0.4) is 0 Å². The molecule has 0 aliphatic carbocycles. The molecule has 4 rings (SSSR count). The van der Waals surface area contributed by atoms with Crippen molar-refractivity contribution in [1.82, 2.24) is 14.9 Å². The molecule has 1 saturated heterocycles. The van der Waals surface area contributed by atoms with E-state index in [-0.39, 0.29) is 5.91 Å². The van der Waals surface area contributed by atoms with E-state index < -0.39 is 0 Å². The fourth-order valence-corrected chi connectivity index (χ4v) is 3.65. The zero-order valence-electron chi connectivity index (χ0n) is 13.3. The predicted octanol–water partition coefficient (Wildman–Crippen LogP) is 3.04. The zero-order chi connectivity index (χ0) is 16.4. The summed E-state index contributed by atoms with van der Waals surface area (Å²) in [6, 6.07) is 9.79. The SMILES string of the molecule is O=C(c1ccsc1)N1CCCN(c2cnc3ccccc3n2)CC1. The molecule has 1 aliphatic rings. The van der Waals surface area contributed by atoms with Crippen molar-refractivity contribution in [2.75, 3.05) is 31.1 Å². The highest BCUT2D eigenvalue weighted by atomic mass is 32.1. The number of thiophene rings is 1. The van der Waals surface area contributed by atoms with Gasteiger partial charge < -0.3 is 9.80 Å². The van der Waals surface area contributed by atoms with Crippen LogP contribution in [0, 0.1) is 0 Å². The van der Waals surface area contributed by atoms with Crippen molar-refractivity contribution in [3.8, 4) is 0 Å². The first kappa shape index (κ1) is 15.1. The van der Waals surface area contributed by atoms with Gasteiger partial charge in [0.05, 0.1) is 22.8 Å². The fraction of sp³-hybridized carbons (Fsp3) is 0.278. The summed E-state index contributed by atoms with van der Waals surface area (Å²) in [5, 5.41) is 3.86. The molecule has 5 nitrogen and oxygen atoms in total. The van der Waals surface area contributed by atoms with Crippen molar-refractivity contribution in [2.45, 2.75) is 6.42 Å². The van der Waals surface area contributed by atoms with Gasteiger partial charge in [0.1, 0.15) is 5.82 Å². The highest BCUT2D eigenvalue weighted by Crippen LogP contribution is 2.18. The Morgan fingerprint density at radius 3 is 2.75 bits per heavy atom. The molecule has 1 aromatic carbocycles. The summed E-state index contributed by atoms with van der Waals surface area (Å²) in [7, 11) is 0. The third-order valence-electron chi connectivity index (χ3n) is 4.31. The summed E-state index contributed by atoms with van der Waals surface area (Å²) in [5.74, 6) is 1.02. The standard InChI is InChI=1S/C18H18N4OS/c23-18(14-6-11-24-13-14)22-8-3-7-21(9-10-22)17-12-19-15-4-1-2-5-16(15)20-17/h1-2,4-6,11-13H,3,7-10H2. The average molecular weight is 338 g/mol. The Morgan fingerprint density at radius 2 is 1.92 bits per heavy atom.